The van der Waals surface area contributed by atoms with E-state index in [4.69, 9.17) is 9.47 Å². The van der Waals surface area contributed by atoms with Crippen molar-refractivity contribution >= 4 is 17.5 Å². The number of alkyl halides is 3. The molecule has 1 fully saturated rings. The molecule has 210 valence electrons. The van der Waals surface area contributed by atoms with Gasteiger partial charge in [-0.2, -0.15) is 18.3 Å². The van der Waals surface area contributed by atoms with E-state index in [9.17, 15) is 33.0 Å². The Bertz CT molecular complexity index is 1560. The molecule has 1 amide bonds. The molecule has 4 aromatic rings. The fraction of sp³-hybridized carbons (Fsp3) is 0.320. The van der Waals surface area contributed by atoms with Crippen LogP contribution in [-0.4, -0.2) is 76.9 Å². The van der Waals surface area contributed by atoms with Crippen molar-refractivity contribution in [3.63, 3.8) is 0 Å². The van der Waals surface area contributed by atoms with E-state index in [1.54, 1.807) is 0 Å². The van der Waals surface area contributed by atoms with Crippen molar-refractivity contribution in [3.8, 4) is 28.6 Å². The Kier molecular flexibility index (Phi) is 7.06. The number of aliphatic hydroxyl groups excluding tert-OH is 1. The lowest BCUT2D eigenvalue weighted by Crippen LogP contribution is -2.45. The van der Waals surface area contributed by atoms with E-state index in [-0.39, 0.29) is 34.1 Å². The Balaban J connectivity index is 1.31. The highest BCUT2D eigenvalue weighted by Gasteiger charge is 2.37. The average Bonchev–Trinajstić information content (AvgIpc) is 3.56. The summed E-state index contributed by atoms with van der Waals surface area (Å²) in [5.74, 6) is -1.86. The summed E-state index contributed by atoms with van der Waals surface area (Å²) in [5.41, 5.74) is -1.29. The Morgan fingerprint density at radius 1 is 1.18 bits per heavy atom. The normalized spacial score (nSPS) is 15.3. The number of halogens is 3. The first-order valence-corrected chi connectivity index (χ1v) is 12.1. The van der Waals surface area contributed by atoms with Gasteiger partial charge in [0.15, 0.2) is 6.10 Å². The van der Waals surface area contributed by atoms with Crippen LogP contribution < -0.4 is 4.74 Å². The number of ether oxygens (including phenoxy) is 2. The number of carbonyl (C=O) groups excluding carboxylic acids is 2. The lowest BCUT2D eigenvalue weighted by molar-refractivity contribution is -0.142. The van der Waals surface area contributed by atoms with Gasteiger partial charge in [0.1, 0.15) is 22.8 Å². The van der Waals surface area contributed by atoms with Gasteiger partial charge in [-0.1, -0.05) is 0 Å². The van der Waals surface area contributed by atoms with Gasteiger partial charge in [0.05, 0.1) is 29.8 Å². The summed E-state index contributed by atoms with van der Waals surface area (Å²) in [5, 5.41) is 25.5. The van der Waals surface area contributed by atoms with Gasteiger partial charge in [-0.15, -0.1) is 0 Å². The van der Waals surface area contributed by atoms with E-state index in [0.717, 1.165) is 12.3 Å². The van der Waals surface area contributed by atoms with Gasteiger partial charge in [0.2, 0.25) is 5.65 Å². The molecular formula is C25H23F3N6O6. The molecule has 1 aromatic carbocycles. The molecule has 5 rings (SSSR count). The SMILES string of the molecule is C[C@H](OC(=O)c1ccc(Oc2nccn3c(-c4cn[nH]c4C(F)(F)F)cnc23)cc1O)C(=O)N1CCC(O)CC1. The molecule has 0 unspecified atom stereocenters. The quantitative estimate of drug-likeness (QED) is 0.302. The molecule has 1 saturated heterocycles. The minimum absolute atomic E-state index is 0.0505. The number of fused-ring (bicyclic) bond motifs is 1. The summed E-state index contributed by atoms with van der Waals surface area (Å²) >= 11 is 0. The highest BCUT2D eigenvalue weighted by Crippen LogP contribution is 2.36. The van der Waals surface area contributed by atoms with E-state index in [2.05, 4.69) is 15.1 Å². The first-order valence-electron chi connectivity index (χ1n) is 12.1. The molecular weight excluding hydrogens is 537 g/mol. The van der Waals surface area contributed by atoms with E-state index < -0.39 is 41.7 Å². The standard InChI is InChI=1S/C25H23F3N6O6/c1-13(23(37)33-7-4-14(35)5-8-33)39-24(38)16-3-2-15(10-19(16)36)40-22-21-30-12-18(34(21)9-6-29-22)17-11-31-32-20(17)25(26,27)28/h2-3,6,9-14,35-36H,4-5,7-8H2,1H3,(H,31,32)/t13-/m0/s1. The van der Waals surface area contributed by atoms with Gasteiger partial charge < -0.3 is 24.6 Å². The zero-order valence-electron chi connectivity index (χ0n) is 20.9. The van der Waals surface area contributed by atoms with Crippen molar-refractivity contribution in [3.05, 3.63) is 54.2 Å². The number of amides is 1. The second kappa shape index (κ2) is 10.5. The third-order valence-electron chi connectivity index (χ3n) is 6.41. The number of imidazole rings is 1. The second-order valence-electron chi connectivity index (χ2n) is 9.11. The Hall–Kier alpha value is -4.66. The number of nitrogens with zero attached hydrogens (tertiary/aromatic N) is 5. The highest BCUT2D eigenvalue weighted by molar-refractivity contribution is 5.94. The molecule has 0 bridgehead atoms. The predicted octanol–water partition coefficient (Wildman–Crippen LogP) is 3.16. The third-order valence-corrected chi connectivity index (χ3v) is 6.41. The maximum atomic E-state index is 13.4. The topological polar surface area (TPSA) is 155 Å². The Labute approximate surface area is 224 Å². The summed E-state index contributed by atoms with van der Waals surface area (Å²) < 4.78 is 52.4. The van der Waals surface area contributed by atoms with Crippen molar-refractivity contribution in [2.45, 2.75) is 38.1 Å². The van der Waals surface area contributed by atoms with Crippen LogP contribution in [0.2, 0.25) is 0 Å². The molecule has 0 saturated carbocycles. The van der Waals surface area contributed by atoms with Crippen LogP contribution in [-0.2, 0) is 15.7 Å². The highest BCUT2D eigenvalue weighted by atomic mass is 19.4. The molecule has 12 nitrogen and oxygen atoms in total. The van der Waals surface area contributed by atoms with Gasteiger partial charge in [0, 0.05) is 31.5 Å². The second-order valence-corrected chi connectivity index (χ2v) is 9.11. The number of rotatable bonds is 6. The minimum atomic E-state index is -4.66. The van der Waals surface area contributed by atoms with Crippen LogP contribution in [0.15, 0.2) is 43.0 Å². The smallest absolute Gasteiger partial charge is 0.433 e. The molecule has 1 aliphatic heterocycles. The number of phenols is 1. The van der Waals surface area contributed by atoms with Crippen molar-refractivity contribution in [1.82, 2.24) is 29.5 Å². The Morgan fingerprint density at radius 3 is 2.62 bits per heavy atom. The van der Waals surface area contributed by atoms with Crippen molar-refractivity contribution in [1.29, 1.82) is 0 Å². The molecule has 0 radical (unpaired) electrons. The average molecular weight is 560 g/mol. The Morgan fingerprint density at radius 2 is 1.93 bits per heavy atom. The molecule has 1 atom stereocenters. The van der Waals surface area contributed by atoms with E-state index in [0.29, 0.717) is 25.9 Å². The molecule has 40 heavy (non-hydrogen) atoms. The number of phenolic OH excluding ortho intramolecular Hbond substituents is 1. The number of benzene rings is 1. The maximum Gasteiger partial charge on any atom is 0.433 e. The van der Waals surface area contributed by atoms with E-state index in [1.165, 1.54) is 46.9 Å². The number of H-pyrrole nitrogens is 1. The van der Waals surface area contributed by atoms with Gasteiger partial charge >= 0.3 is 12.1 Å². The molecule has 15 heteroatoms. The summed E-state index contributed by atoms with van der Waals surface area (Å²) in [7, 11) is 0. The largest absolute Gasteiger partial charge is 0.507 e. The van der Waals surface area contributed by atoms with Crippen LogP contribution in [0, 0.1) is 0 Å². The fourth-order valence-electron chi connectivity index (χ4n) is 4.34. The number of hydrogen-bond donors (Lipinski definition) is 3. The molecule has 0 aliphatic carbocycles. The van der Waals surface area contributed by atoms with Crippen LogP contribution in [0.3, 0.4) is 0 Å². The van der Waals surface area contributed by atoms with Gasteiger partial charge in [0.25, 0.3) is 11.8 Å². The van der Waals surface area contributed by atoms with Crippen LogP contribution in [0.4, 0.5) is 13.2 Å². The number of carbonyl (C=O) groups is 2. The molecule has 3 aromatic heterocycles. The number of aliphatic hydroxyl groups is 1. The van der Waals surface area contributed by atoms with E-state index >= 15 is 0 Å². The number of aromatic hydroxyl groups is 1. The van der Waals surface area contributed by atoms with Crippen LogP contribution in [0.1, 0.15) is 35.8 Å². The number of aromatic nitrogens is 5. The summed E-state index contributed by atoms with van der Waals surface area (Å²) in [6.45, 7) is 2.12. The zero-order chi connectivity index (χ0) is 28.6. The number of piperidine rings is 1. The fourth-order valence-corrected chi connectivity index (χ4v) is 4.34. The van der Waals surface area contributed by atoms with Crippen molar-refractivity contribution in [2.24, 2.45) is 0 Å². The third kappa shape index (κ3) is 5.27. The predicted molar refractivity (Wildman–Crippen MR) is 130 cm³/mol. The molecule has 0 spiro atoms. The van der Waals surface area contributed by atoms with Crippen LogP contribution in [0.25, 0.3) is 16.9 Å². The molecule has 3 N–H and O–H groups in total. The maximum absolute atomic E-state index is 13.4. The number of hydrogen-bond acceptors (Lipinski definition) is 9. The van der Waals surface area contributed by atoms with Crippen molar-refractivity contribution < 1.29 is 42.4 Å². The van der Waals surface area contributed by atoms with Gasteiger partial charge in [-0.25, -0.2) is 14.8 Å². The summed E-state index contributed by atoms with van der Waals surface area (Å²) in [6, 6.07) is 3.71. The minimum Gasteiger partial charge on any atom is -0.507 e. The number of nitrogens with one attached hydrogen (secondary N) is 1. The summed E-state index contributed by atoms with van der Waals surface area (Å²) in [6.07, 6.45) is -0.395. The number of likely N-dealkylation sites (tertiary alicyclic amines) is 1. The lowest BCUT2D eigenvalue weighted by atomic mass is 10.1. The molecule has 1 aliphatic rings. The van der Waals surface area contributed by atoms with Crippen LogP contribution >= 0.6 is 0 Å². The van der Waals surface area contributed by atoms with Crippen LogP contribution in [0.5, 0.6) is 17.4 Å². The monoisotopic (exact) mass is 560 g/mol. The van der Waals surface area contributed by atoms with Crippen molar-refractivity contribution in [2.75, 3.05) is 13.1 Å². The lowest BCUT2D eigenvalue weighted by Gasteiger charge is -2.31. The number of esters is 1. The first-order chi connectivity index (χ1) is 19.0. The zero-order valence-corrected chi connectivity index (χ0v) is 20.9. The summed E-state index contributed by atoms with van der Waals surface area (Å²) in [4.78, 5) is 34.9. The molecule has 4 heterocycles. The number of aromatic amines is 1. The van der Waals surface area contributed by atoms with E-state index in [1.807, 2.05) is 5.10 Å². The first kappa shape index (κ1) is 26.9. The van der Waals surface area contributed by atoms with Gasteiger partial charge in [-0.3, -0.25) is 14.3 Å². The van der Waals surface area contributed by atoms with Gasteiger partial charge in [-0.05, 0) is 31.9 Å².